The van der Waals surface area contributed by atoms with Gasteiger partial charge in [0, 0.05) is 19.6 Å². The van der Waals surface area contributed by atoms with Gasteiger partial charge < -0.3 is 20.3 Å². The number of hydrogen-bond acceptors (Lipinski definition) is 5. The summed E-state index contributed by atoms with van der Waals surface area (Å²) >= 11 is 26.2. The summed E-state index contributed by atoms with van der Waals surface area (Å²) < 4.78 is 3.69. The fraction of sp³-hybridized carbons (Fsp3) is 0.429. The number of alkyl halides is 3. The van der Waals surface area contributed by atoms with E-state index in [2.05, 4.69) is 36.8 Å². The zero-order valence-electron chi connectivity index (χ0n) is 18.3. The molecule has 1 aliphatic heterocycles. The fourth-order valence-corrected chi connectivity index (χ4v) is 4.34. The van der Waals surface area contributed by atoms with E-state index in [0.717, 1.165) is 19.3 Å². The van der Waals surface area contributed by atoms with Crippen LogP contribution in [0.15, 0.2) is 28.7 Å². The number of rotatable bonds is 7. The Bertz CT molecular complexity index is 1070. The van der Waals surface area contributed by atoms with Crippen LogP contribution in [0.1, 0.15) is 40.1 Å². The molecule has 1 aromatic carbocycles. The molecule has 190 valence electrons. The van der Waals surface area contributed by atoms with E-state index in [-0.39, 0.29) is 24.0 Å². The lowest BCUT2D eigenvalue weighted by Crippen LogP contribution is -2.40. The third-order valence-electron chi connectivity index (χ3n) is 5.35. The molecule has 0 spiro atoms. The summed E-state index contributed by atoms with van der Waals surface area (Å²) in [4.78, 5) is 38.6. The van der Waals surface area contributed by atoms with Crippen molar-refractivity contribution in [3.8, 4) is 0 Å². The third-order valence-corrected chi connectivity index (χ3v) is 6.78. The summed E-state index contributed by atoms with van der Waals surface area (Å²) in [6.45, 7) is 1.18. The zero-order chi connectivity index (χ0) is 25.6. The van der Waals surface area contributed by atoms with E-state index in [1.165, 1.54) is 0 Å². The number of aromatic nitrogens is 2. The van der Waals surface area contributed by atoms with E-state index < -0.39 is 15.8 Å². The number of ether oxygens (including phenoxy) is 1. The van der Waals surface area contributed by atoms with Crippen LogP contribution in [0, 0.1) is 5.92 Å². The number of nitrogens with one attached hydrogen (secondary N) is 3. The molecule has 0 bridgehead atoms. The number of aromatic amines is 1. The minimum Gasteiger partial charge on any atom is -0.445 e. The van der Waals surface area contributed by atoms with Gasteiger partial charge in [0.15, 0.2) is 5.82 Å². The van der Waals surface area contributed by atoms with E-state index in [0.29, 0.717) is 40.6 Å². The van der Waals surface area contributed by atoms with Crippen LogP contribution in [-0.2, 0) is 4.74 Å². The van der Waals surface area contributed by atoms with Gasteiger partial charge in [-0.1, -0.05) is 58.5 Å². The molecule has 0 radical (unpaired) electrons. The van der Waals surface area contributed by atoms with Crippen LogP contribution in [0.25, 0.3) is 0 Å². The monoisotopic (exact) mass is 627 g/mol. The number of halogens is 5. The third kappa shape index (κ3) is 8.15. The first kappa shape index (κ1) is 27.9. The maximum Gasteiger partial charge on any atom is 0.409 e. The molecule has 2 aromatic rings. The van der Waals surface area contributed by atoms with Gasteiger partial charge in [0.2, 0.25) is 3.79 Å². The van der Waals surface area contributed by atoms with Gasteiger partial charge in [0.25, 0.3) is 11.8 Å². The largest absolute Gasteiger partial charge is 0.445 e. The maximum atomic E-state index is 12.6. The lowest BCUT2D eigenvalue weighted by molar-refractivity contribution is 0.0876. The van der Waals surface area contributed by atoms with Crippen molar-refractivity contribution in [3.63, 3.8) is 0 Å². The first-order chi connectivity index (χ1) is 16.5. The molecule has 0 atom stereocenters. The highest BCUT2D eigenvalue weighted by Crippen LogP contribution is 2.27. The Morgan fingerprint density at radius 3 is 2.51 bits per heavy atom. The van der Waals surface area contributed by atoms with Crippen LogP contribution < -0.4 is 10.6 Å². The summed E-state index contributed by atoms with van der Waals surface area (Å²) in [5.74, 6) is -0.301. The predicted octanol–water partition coefficient (Wildman–Crippen LogP) is 5.42. The van der Waals surface area contributed by atoms with Crippen LogP contribution in [0.5, 0.6) is 0 Å². The number of hydrogen-bond donors (Lipinski definition) is 3. The molecule has 1 aromatic heterocycles. The molecule has 2 heterocycles. The number of likely N-dealkylation sites (tertiary alicyclic amines) is 1. The molecule has 3 amide bonds. The number of anilines is 1. The molecular formula is C21H22BrCl4N5O4. The Morgan fingerprint density at radius 2 is 1.86 bits per heavy atom. The summed E-state index contributed by atoms with van der Waals surface area (Å²) in [6.07, 6.45) is 1.77. The summed E-state index contributed by atoms with van der Waals surface area (Å²) in [6, 6.07) is 6.61. The number of amides is 3. The number of carbonyl (C=O) groups excluding carboxylic acids is 3. The first-order valence-corrected chi connectivity index (χ1v) is 12.9. The van der Waals surface area contributed by atoms with Gasteiger partial charge in [-0.15, -0.1) is 0 Å². The van der Waals surface area contributed by atoms with E-state index in [9.17, 15) is 14.4 Å². The fourth-order valence-electron chi connectivity index (χ4n) is 3.50. The summed E-state index contributed by atoms with van der Waals surface area (Å²) in [5, 5.41) is 12.4. The van der Waals surface area contributed by atoms with Gasteiger partial charge in [-0.25, -0.2) is 4.79 Å². The summed E-state index contributed by atoms with van der Waals surface area (Å²) in [5.41, 5.74) is 0.477. The number of carbonyl (C=O) groups is 3. The quantitative estimate of drug-likeness (QED) is 0.354. The molecule has 1 fully saturated rings. The predicted molar refractivity (Wildman–Crippen MR) is 139 cm³/mol. The van der Waals surface area contributed by atoms with Crippen molar-refractivity contribution >= 4 is 86.1 Å². The Labute approximate surface area is 230 Å². The van der Waals surface area contributed by atoms with Crippen LogP contribution in [0.4, 0.5) is 10.6 Å². The van der Waals surface area contributed by atoms with E-state index in [1.54, 1.807) is 29.2 Å². The molecule has 3 rings (SSSR count). The zero-order valence-corrected chi connectivity index (χ0v) is 22.9. The lowest BCUT2D eigenvalue weighted by Gasteiger charge is -2.31. The minimum atomic E-state index is -1.64. The minimum absolute atomic E-state index is 0.175. The Hall–Kier alpha value is -1.72. The average Bonchev–Trinajstić information content (AvgIpc) is 3.17. The van der Waals surface area contributed by atoms with Gasteiger partial charge >= 0.3 is 6.09 Å². The van der Waals surface area contributed by atoms with Gasteiger partial charge in [0.05, 0.1) is 15.1 Å². The molecule has 9 nitrogen and oxygen atoms in total. The van der Waals surface area contributed by atoms with Crippen molar-refractivity contribution in [2.24, 2.45) is 5.92 Å². The second-order valence-electron chi connectivity index (χ2n) is 7.84. The molecule has 0 aliphatic carbocycles. The molecule has 1 saturated heterocycles. The molecule has 0 saturated carbocycles. The number of benzene rings is 1. The second kappa shape index (κ2) is 12.5. The van der Waals surface area contributed by atoms with E-state index in [1.807, 2.05) is 0 Å². The standard InChI is InChI=1S/C21H22BrCl4N5O4/c22-15-16(29-30-17(15)28-18(32)13-3-1-2-4-14(13)23)19(33)27-8-5-12-6-9-31(10-7-12)20(34)35-11-21(24,25)26/h1-4,12H,5-11H2,(H,27,33)(H2,28,29,30,32). The van der Waals surface area contributed by atoms with E-state index >= 15 is 0 Å². The Kier molecular flexibility index (Phi) is 9.94. The van der Waals surface area contributed by atoms with Gasteiger partial charge in [0.1, 0.15) is 12.3 Å². The number of piperidine rings is 1. The molecular weight excluding hydrogens is 608 g/mol. The Balaban J connectivity index is 1.42. The van der Waals surface area contributed by atoms with Crippen molar-refractivity contribution in [2.75, 3.05) is 31.6 Å². The highest BCUT2D eigenvalue weighted by molar-refractivity contribution is 9.10. The average molecular weight is 630 g/mol. The topological polar surface area (TPSA) is 116 Å². The van der Waals surface area contributed by atoms with Gasteiger partial charge in [-0.3, -0.25) is 14.7 Å². The van der Waals surface area contributed by atoms with Crippen LogP contribution >= 0.6 is 62.3 Å². The van der Waals surface area contributed by atoms with Crippen molar-refractivity contribution in [3.05, 3.63) is 45.0 Å². The van der Waals surface area contributed by atoms with Crippen molar-refractivity contribution in [1.82, 2.24) is 20.4 Å². The molecule has 3 N–H and O–H groups in total. The SMILES string of the molecule is O=C(Nc1n[nH]c(C(=O)NCCC2CCN(C(=O)OCC(Cl)(Cl)Cl)CC2)c1Br)c1ccccc1Cl. The van der Waals surface area contributed by atoms with Crippen LogP contribution in [0.3, 0.4) is 0 Å². The Morgan fingerprint density at radius 1 is 1.17 bits per heavy atom. The molecule has 0 unspecified atom stereocenters. The van der Waals surface area contributed by atoms with Gasteiger partial charge in [-0.2, -0.15) is 5.10 Å². The molecule has 35 heavy (non-hydrogen) atoms. The van der Waals surface area contributed by atoms with Gasteiger partial charge in [-0.05, 0) is 53.2 Å². The number of nitrogens with zero attached hydrogens (tertiary/aromatic N) is 2. The first-order valence-electron chi connectivity index (χ1n) is 10.6. The highest BCUT2D eigenvalue weighted by atomic mass is 79.9. The lowest BCUT2D eigenvalue weighted by atomic mass is 9.94. The number of H-pyrrole nitrogens is 1. The van der Waals surface area contributed by atoms with E-state index in [4.69, 9.17) is 51.1 Å². The normalized spacial score (nSPS) is 14.5. The van der Waals surface area contributed by atoms with Crippen molar-refractivity contribution in [2.45, 2.75) is 23.1 Å². The summed E-state index contributed by atoms with van der Waals surface area (Å²) in [7, 11) is 0. The smallest absolute Gasteiger partial charge is 0.409 e. The van der Waals surface area contributed by atoms with Crippen molar-refractivity contribution < 1.29 is 19.1 Å². The highest BCUT2D eigenvalue weighted by Gasteiger charge is 2.27. The van der Waals surface area contributed by atoms with Crippen LogP contribution in [0.2, 0.25) is 5.02 Å². The molecule has 14 heteroatoms. The van der Waals surface area contributed by atoms with Crippen molar-refractivity contribution in [1.29, 1.82) is 0 Å². The second-order valence-corrected chi connectivity index (χ2v) is 11.6. The molecule has 1 aliphatic rings. The maximum absolute atomic E-state index is 12.6. The van der Waals surface area contributed by atoms with Crippen LogP contribution in [-0.4, -0.2) is 63.0 Å².